The molecule has 3 aromatic rings. The van der Waals surface area contributed by atoms with Gasteiger partial charge in [-0.3, -0.25) is 0 Å². The Morgan fingerprint density at radius 1 is 0.867 bits per heavy atom. The van der Waals surface area contributed by atoms with Gasteiger partial charge >= 0.3 is 0 Å². The number of benzene rings is 3. The highest BCUT2D eigenvalue weighted by molar-refractivity contribution is 6.35. The molecule has 0 aliphatic carbocycles. The molecule has 0 fully saturated rings. The number of hydrogen-bond acceptors (Lipinski definition) is 3. The first-order valence-electron chi connectivity index (χ1n) is 10.1. The lowest BCUT2D eigenvalue weighted by atomic mass is 10.1. The molecule has 0 heterocycles. The SMILES string of the molecule is CCOc1cc(CNCCc2ccc(Cl)cc2Cl)ccc1OCc1ccccc1C. The number of halogens is 2. The third kappa shape index (κ3) is 6.40. The number of hydrogen-bond donors (Lipinski definition) is 1. The van der Waals surface area contributed by atoms with E-state index in [-0.39, 0.29) is 0 Å². The molecule has 5 heteroatoms. The van der Waals surface area contributed by atoms with Crippen molar-refractivity contribution in [3.63, 3.8) is 0 Å². The molecular weight excluding hydrogens is 417 g/mol. The van der Waals surface area contributed by atoms with Crippen molar-refractivity contribution >= 4 is 23.2 Å². The summed E-state index contributed by atoms with van der Waals surface area (Å²) in [6, 6.07) is 20.0. The second-order valence-electron chi connectivity index (χ2n) is 7.09. The zero-order valence-electron chi connectivity index (χ0n) is 17.4. The van der Waals surface area contributed by atoms with Gasteiger partial charge in [-0.05, 0) is 73.3 Å². The summed E-state index contributed by atoms with van der Waals surface area (Å²) in [5.74, 6) is 1.53. The van der Waals surface area contributed by atoms with Crippen LogP contribution in [-0.4, -0.2) is 13.2 Å². The minimum Gasteiger partial charge on any atom is -0.490 e. The van der Waals surface area contributed by atoms with Crippen LogP contribution in [-0.2, 0) is 19.6 Å². The first kappa shape index (κ1) is 22.5. The molecular formula is C25H27Cl2NO2. The molecule has 0 aliphatic heterocycles. The van der Waals surface area contributed by atoms with Crippen molar-refractivity contribution < 1.29 is 9.47 Å². The molecule has 158 valence electrons. The Labute approximate surface area is 188 Å². The molecule has 3 aromatic carbocycles. The molecule has 30 heavy (non-hydrogen) atoms. The van der Waals surface area contributed by atoms with E-state index in [4.69, 9.17) is 32.7 Å². The maximum atomic E-state index is 6.24. The van der Waals surface area contributed by atoms with Gasteiger partial charge < -0.3 is 14.8 Å². The van der Waals surface area contributed by atoms with Crippen molar-refractivity contribution in [2.45, 2.75) is 33.4 Å². The molecule has 0 saturated heterocycles. The van der Waals surface area contributed by atoms with Gasteiger partial charge in [-0.1, -0.05) is 59.6 Å². The van der Waals surface area contributed by atoms with Crippen LogP contribution in [0.2, 0.25) is 10.0 Å². The Morgan fingerprint density at radius 2 is 1.70 bits per heavy atom. The zero-order chi connectivity index (χ0) is 21.3. The average molecular weight is 444 g/mol. The number of rotatable bonds is 10. The summed E-state index contributed by atoms with van der Waals surface area (Å²) in [6.45, 7) is 6.74. The van der Waals surface area contributed by atoms with E-state index >= 15 is 0 Å². The molecule has 0 saturated carbocycles. The molecule has 0 aliphatic rings. The van der Waals surface area contributed by atoms with E-state index in [2.05, 4.69) is 30.4 Å². The predicted molar refractivity (Wildman–Crippen MR) is 125 cm³/mol. The highest BCUT2D eigenvalue weighted by Crippen LogP contribution is 2.29. The molecule has 0 amide bonds. The molecule has 1 N–H and O–H groups in total. The number of ether oxygens (including phenoxy) is 2. The molecule has 0 atom stereocenters. The average Bonchev–Trinajstić information content (AvgIpc) is 2.73. The summed E-state index contributed by atoms with van der Waals surface area (Å²) in [5.41, 5.74) is 4.62. The minimum atomic E-state index is 0.520. The quantitative estimate of drug-likeness (QED) is 0.357. The van der Waals surface area contributed by atoms with Gasteiger partial charge in [-0.2, -0.15) is 0 Å². The van der Waals surface area contributed by atoms with Crippen molar-refractivity contribution in [3.8, 4) is 11.5 Å². The van der Waals surface area contributed by atoms with E-state index in [1.807, 2.05) is 43.3 Å². The third-order valence-corrected chi connectivity index (χ3v) is 5.45. The Hall–Kier alpha value is -2.20. The topological polar surface area (TPSA) is 30.5 Å². The third-order valence-electron chi connectivity index (χ3n) is 4.87. The lowest BCUT2D eigenvalue weighted by Gasteiger charge is -2.15. The number of aryl methyl sites for hydroxylation is 1. The van der Waals surface area contributed by atoms with Gasteiger partial charge in [0.2, 0.25) is 0 Å². The van der Waals surface area contributed by atoms with E-state index in [1.165, 1.54) is 11.1 Å². The predicted octanol–water partition coefficient (Wildman–Crippen LogP) is 6.61. The summed E-state index contributed by atoms with van der Waals surface area (Å²) in [5, 5.41) is 4.82. The van der Waals surface area contributed by atoms with Gasteiger partial charge in [0.1, 0.15) is 6.61 Å². The summed E-state index contributed by atoms with van der Waals surface area (Å²) >= 11 is 12.2. The van der Waals surface area contributed by atoms with E-state index in [1.54, 1.807) is 6.07 Å². The maximum absolute atomic E-state index is 6.24. The lowest BCUT2D eigenvalue weighted by molar-refractivity contribution is 0.268. The van der Waals surface area contributed by atoms with E-state index < -0.39 is 0 Å². The van der Waals surface area contributed by atoms with Crippen molar-refractivity contribution in [3.05, 3.63) is 93.0 Å². The minimum absolute atomic E-state index is 0.520. The fourth-order valence-corrected chi connectivity index (χ4v) is 3.66. The lowest BCUT2D eigenvalue weighted by Crippen LogP contribution is -2.17. The molecule has 0 aromatic heterocycles. The molecule has 3 rings (SSSR count). The Bertz CT molecular complexity index is 975. The van der Waals surface area contributed by atoms with Crippen LogP contribution in [0.3, 0.4) is 0 Å². The van der Waals surface area contributed by atoms with E-state index in [9.17, 15) is 0 Å². The monoisotopic (exact) mass is 443 g/mol. The van der Waals surface area contributed by atoms with Crippen LogP contribution >= 0.6 is 23.2 Å². The smallest absolute Gasteiger partial charge is 0.161 e. The summed E-state index contributed by atoms with van der Waals surface area (Å²) in [4.78, 5) is 0. The first-order valence-corrected chi connectivity index (χ1v) is 10.9. The van der Waals surface area contributed by atoms with E-state index in [0.717, 1.165) is 42.1 Å². The Kier molecular flexibility index (Phi) is 8.44. The molecule has 0 spiro atoms. The molecule has 3 nitrogen and oxygen atoms in total. The van der Waals surface area contributed by atoms with Crippen LogP contribution in [0.5, 0.6) is 11.5 Å². The van der Waals surface area contributed by atoms with E-state index in [0.29, 0.717) is 23.3 Å². The fraction of sp³-hybridized carbons (Fsp3) is 0.280. The standard InChI is InChI=1S/C25H27Cl2NO2/c1-3-29-25-14-19(16-28-13-12-20-9-10-22(26)15-23(20)27)8-11-24(25)30-17-21-7-5-4-6-18(21)2/h4-11,14-15,28H,3,12-13,16-17H2,1-2H3. The zero-order valence-corrected chi connectivity index (χ0v) is 18.9. The second-order valence-corrected chi connectivity index (χ2v) is 7.94. The van der Waals surface area contributed by atoms with Crippen LogP contribution in [0.1, 0.15) is 29.2 Å². The van der Waals surface area contributed by atoms with Crippen molar-refractivity contribution in [1.82, 2.24) is 5.32 Å². The first-order chi connectivity index (χ1) is 14.6. The normalized spacial score (nSPS) is 10.8. The van der Waals surface area contributed by atoms with Crippen LogP contribution in [0.4, 0.5) is 0 Å². The second kappa shape index (κ2) is 11.3. The fourth-order valence-electron chi connectivity index (χ4n) is 3.16. The molecule has 0 unspecified atom stereocenters. The Morgan fingerprint density at radius 3 is 2.47 bits per heavy atom. The van der Waals surface area contributed by atoms with Gasteiger partial charge in [0.15, 0.2) is 11.5 Å². The molecule has 0 bridgehead atoms. The van der Waals surface area contributed by atoms with Crippen LogP contribution in [0, 0.1) is 6.92 Å². The summed E-state index contributed by atoms with van der Waals surface area (Å²) in [7, 11) is 0. The largest absolute Gasteiger partial charge is 0.490 e. The van der Waals surface area contributed by atoms with Crippen LogP contribution in [0.15, 0.2) is 60.7 Å². The summed E-state index contributed by atoms with van der Waals surface area (Å²) in [6.07, 6.45) is 0.839. The summed E-state index contributed by atoms with van der Waals surface area (Å²) < 4.78 is 11.9. The van der Waals surface area contributed by atoms with Gasteiger partial charge in [-0.15, -0.1) is 0 Å². The highest BCUT2D eigenvalue weighted by Gasteiger charge is 2.08. The van der Waals surface area contributed by atoms with Gasteiger partial charge in [0.25, 0.3) is 0 Å². The molecule has 0 radical (unpaired) electrons. The van der Waals surface area contributed by atoms with Crippen molar-refractivity contribution in [2.75, 3.05) is 13.2 Å². The van der Waals surface area contributed by atoms with Crippen LogP contribution in [0.25, 0.3) is 0 Å². The van der Waals surface area contributed by atoms with Gasteiger partial charge in [0, 0.05) is 16.6 Å². The number of nitrogens with one attached hydrogen (secondary N) is 1. The van der Waals surface area contributed by atoms with Crippen LogP contribution < -0.4 is 14.8 Å². The Balaban J connectivity index is 1.56. The highest BCUT2D eigenvalue weighted by atomic mass is 35.5. The van der Waals surface area contributed by atoms with Crippen molar-refractivity contribution in [2.24, 2.45) is 0 Å². The van der Waals surface area contributed by atoms with Crippen molar-refractivity contribution in [1.29, 1.82) is 0 Å². The maximum Gasteiger partial charge on any atom is 0.161 e. The van der Waals surface area contributed by atoms with Gasteiger partial charge in [0.05, 0.1) is 6.61 Å². The van der Waals surface area contributed by atoms with Gasteiger partial charge in [-0.25, -0.2) is 0 Å².